The molecule has 1 N–H and O–H groups in total. The van der Waals surface area contributed by atoms with Gasteiger partial charge in [0.15, 0.2) is 0 Å². The second-order valence-corrected chi connectivity index (χ2v) is 6.27. The van der Waals surface area contributed by atoms with Crippen LogP contribution < -0.4 is 4.74 Å². The molecule has 3 nitrogen and oxygen atoms in total. The van der Waals surface area contributed by atoms with Crippen LogP contribution in [-0.4, -0.2) is 5.11 Å². The first-order chi connectivity index (χ1) is 11.3. The Kier molecular flexibility index (Phi) is 2.97. The molecule has 2 aliphatic rings. The molecule has 0 radical (unpaired) electrons. The average Bonchev–Trinajstić information content (AvgIpc) is 2.93. The molecular weight excluding hydrogens is 319 g/mol. The molecule has 4 rings (SSSR count). The van der Waals surface area contributed by atoms with E-state index in [9.17, 15) is 18.3 Å². The van der Waals surface area contributed by atoms with E-state index in [1.165, 1.54) is 18.2 Å². The van der Waals surface area contributed by atoms with Crippen molar-refractivity contribution in [3.8, 4) is 17.6 Å². The molecule has 0 aliphatic heterocycles. The molecule has 2 aliphatic carbocycles. The van der Waals surface area contributed by atoms with Gasteiger partial charge in [0.25, 0.3) is 5.92 Å². The molecule has 0 saturated heterocycles. The number of rotatable bonds is 2. The molecular formula is C18H12F3NO2. The zero-order chi connectivity index (χ0) is 17.1. The van der Waals surface area contributed by atoms with Crippen molar-refractivity contribution in [2.45, 2.75) is 30.8 Å². The number of alkyl halides is 2. The number of hydrogen-bond donors (Lipinski definition) is 1. The third-order valence-electron chi connectivity index (χ3n) is 4.66. The molecule has 2 aromatic carbocycles. The van der Waals surface area contributed by atoms with Crippen LogP contribution in [0.3, 0.4) is 0 Å². The van der Waals surface area contributed by atoms with E-state index in [-0.39, 0.29) is 28.9 Å². The molecule has 0 aromatic heterocycles. The van der Waals surface area contributed by atoms with Crippen molar-refractivity contribution in [3.63, 3.8) is 0 Å². The summed E-state index contributed by atoms with van der Waals surface area (Å²) < 4.78 is 47.3. The number of aliphatic hydroxyl groups is 1. The van der Waals surface area contributed by atoms with Gasteiger partial charge in [-0.15, -0.1) is 0 Å². The van der Waals surface area contributed by atoms with Gasteiger partial charge in [0.1, 0.15) is 17.3 Å². The first-order valence-electron chi connectivity index (χ1n) is 7.48. The summed E-state index contributed by atoms with van der Waals surface area (Å²) in [5, 5.41) is 19.4. The van der Waals surface area contributed by atoms with E-state index in [0.717, 1.165) is 12.1 Å². The summed E-state index contributed by atoms with van der Waals surface area (Å²) in [5.74, 6) is -3.27. The Morgan fingerprint density at radius 2 is 2.00 bits per heavy atom. The van der Waals surface area contributed by atoms with E-state index in [0.29, 0.717) is 17.7 Å². The highest BCUT2D eigenvalue weighted by molar-refractivity contribution is 5.57. The standard InChI is InChI=1S/C18H12F3NO2/c19-11-5-10(8-22)6-12(7-11)24-15-2-1-14-16-13(15)3-4-17(16,23)9-18(14,20)21/h1-2,5-7,23H,3-4,9H2/t17-/m0/s1. The molecule has 2 aromatic rings. The van der Waals surface area contributed by atoms with Crippen molar-refractivity contribution in [3.05, 3.63) is 58.4 Å². The Hall–Kier alpha value is -2.52. The second-order valence-electron chi connectivity index (χ2n) is 6.27. The van der Waals surface area contributed by atoms with E-state index in [4.69, 9.17) is 10.00 Å². The lowest BCUT2D eigenvalue weighted by Gasteiger charge is -2.18. The lowest BCUT2D eigenvalue weighted by atomic mass is 9.98. The SMILES string of the molecule is N#Cc1cc(F)cc(Oc2ccc3c4c2CC[C@]4(O)CC3(F)F)c1. The summed E-state index contributed by atoms with van der Waals surface area (Å²) in [5.41, 5.74) is -0.836. The largest absolute Gasteiger partial charge is 0.457 e. The Labute approximate surface area is 135 Å². The molecule has 0 fully saturated rings. The lowest BCUT2D eigenvalue weighted by Crippen LogP contribution is -2.21. The number of hydrogen-bond acceptors (Lipinski definition) is 3. The summed E-state index contributed by atoms with van der Waals surface area (Å²) >= 11 is 0. The molecule has 0 amide bonds. The molecule has 0 saturated carbocycles. The predicted octanol–water partition coefficient (Wildman–Crippen LogP) is 4.12. The van der Waals surface area contributed by atoms with Crippen LogP contribution in [0.5, 0.6) is 11.5 Å². The zero-order valence-electron chi connectivity index (χ0n) is 12.4. The highest BCUT2D eigenvalue weighted by atomic mass is 19.3. The van der Waals surface area contributed by atoms with Gasteiger partial charge >= 0.3 is 0 Å². The minimum absolute atomic E-state index is 0.102. The lowest BCUT2D eigenvalue weighted by molar-refractivity contribution is -0.0716. The number of halogens is 3. The fraction of sp³-hybridized carbons (Fsp3) is 0.278. The molecule has 122 valence electrons. The van der Waals surface area contributed by atoms with Crippen LogP contribution in [0.1, 0.15) is 35.1 Å². The van der Waals surface area contributed by atoms with E-state index in [1.807, 2.05) is 6.07 Å². The molecule has 0 bridgehead atoms. The third kappa shape index (κ3) is 2.09. The van der Waals surface area contributed by atoms with Gasteiger partial charge in [-0.05, 0) is 42.7 Å². The Bertz CT molecular complexity index is 904. The smallest absolute Gasteiger partial charge is 0.276 e. The second kappa shape index (κ2) is 4.74. The van der Waals surface area contributed by atoms with Crippen LogP contribution in [0, 0.1) is 17.1 Å². The summed E-state index contributed by atoms with van der Waals surface area (Å²) in [4.78, 5) is 0. The number of benzene rings is 2. The Balaban J connectivity index is 1.79. The average molecular weight is 331 g/mol. The van der Waals surface area contributed by atoms with Gasteiger partial charge in [-0.2, -0.15) is 5.26 Å². The first kappa shape index (κ1) is 15.0. The molecule has 24 heavy (non-hydrogen) atoms. The van der Waals surface area contributed by atoms with Crippen molar-refractivity contribution in [2.75, 3.05) is 0 Å². The third-order valence-corrected chi connectivity index (χ3v) is 4.66. The van der Waals surface area contributed by atoms with E-state index in [1.54, 1.807) is 0 Å². The van der Waals surface area contributed by atoms with Crippen molar-refractivity contribution in [2.24, 2.45) is 0 Å². The molecule has 6 heteroatoms. The predicted molar refractivity (Wildman–Crippen MR) is 78.4 cm³/mol. The van der Waals surface area contributed by atoms with Crippen molar-refractivity contribution in [1.29, 1.82) is 5.26 Å². The highest BCUT2D eigenvalue weighted by Gasteiger charge is 2.56. The first-order valence-corrected chi connectivity index (χ1v) is 7.48. The molecule has 0 spiro atoms. The van der Waals surface area contributed by atoms with Gasteiger partial charge < -0.3 is 9.84 Å². The maximum absolute atomic E-state index is 14.1. The van der Waals surface area contributed by atoms with Gasteiger partial charge in [0, 0.05) is 23.6 Å². The topological polar surface area (TPSA) is 53.2 Å². The monoisotopic (exact) mass is 331 g/mol. The van der Waals surface area contributed by atoms with Gasteiger partial charge in [-0.3, -0.25) is 0 Å². The van der Waals surface area contributed by atoms with Crippen LogP contribution in [-0.2, 0) is 17.9 Å². The van der Waals surface area contributed by atoms with E-state index in [2.05, 4.69) is 0 Å². The van der Waals surface area contributed by atoms with Crippen LogP contribution >= 0.6 is 0 Å². The molecule has 0 heterocycles. The molecule has 1 atom stereocenters. The Morgan fingerprint density at radius 3 is 2.75 bits per heavy atom. The van der Waals surface area contributed by atoms with Crippen molar-refractivity contribution in [1.82, 2.24) is 0 Å². The Morgan fingerprint density at radius 1 is 1.21 bits per heavy atom. The minimum Gasteiger partial charge on any atom is -0.457 e. The normalized spacial score (nSPS) is 23.0. The maximum atomic E-state index is 14.1. The summed E-state index contributed by atoms with van der Waals surface area (Å²) in [6.45, 7) is 0. The summed E-state index contributed by atoms with van der Waals surface area (Å²) in [7, 11) is 0. The summed E-state index contributed by atoms with van der Waals surface area (Å²) in [6.07, 6.45) is -0.00622. The van der Waals surface area contributed by atoms with Gasteiger partial charge in [-0.25, -0.2) is 13.2 Å². The van der Waals surface area contributed by atoms with Crippen LogP contribution in [0.2, 0.25) is 0 Å². The van der Waals surface area contributed by atoms with Crippen LogP contribution in [0.4, 0.5) is 13.2 Å². The van der Waals surface area contributed by atoms with Gasteiger partial charge in [-0.1, -0.05) is 0 Å². The van der Waals surface area contributed by atoms with Crippen molar-refractivity contribution >= 4 is 0 Å². The molecule has 0 unspecified atom stereocenters. The number of ether oxygens (including phenoxy) is 1. The van der Waals surface area contributed by atoms with E-state index < -0.39 is 23.8 Å². The number of nitrogens with zero attached hydrogens (tertiary/aromatic N) is 1. The van der Waals surface area contributed by atoms with Gasteiger partial charge in [0.2, 0.25) is 0 Å². The van der Waals surface area contributed by atoms with E-state index >= 15 is 0 Å². The fourth-order valence-electron chi connectivity index (χ4n) is 3.72. The summed E-state index contributed by atoms with van der Waals surface area (Å²) in [6, 6.07) is 8.07. The maximum Gasteiger partial charge on any atom is 0.276 e. The van der Waals surface area contributed by atoms with Gasteiger partial charge in [0.05, 0.1) is 17.2 Å². The zero-order valence-corrected chi connectivity index (χ0v) is 12.4. The fourth-order valence-corrected chi connectivity index (χ4v) is 3.72. The highest BCUT2D eigenvalue weighted by Crippen LogP contribution is 2.58. The van der Waals surface area contributed by atoms with Crippen LogP contribution in [0.15, 0.2) is 30.3 Å². The van der Waals surface area contributed by atoms with Crippen molar-refractivity contribution < 1.29 is 23.0 Å². The number of nitriles is 1. The van der Waals surface area contributed by atoms with Crippen LogP contribution in [0.25, 0.3) is 0 Å². The quantitative estimate of drug-likeness (QED) is 0.901. The minimum atomic E-state index is -3.06.